The number of aromatic nitrogens is 2. The molecular weight excluding hydrogens is 292 g/mol. The molecule has 0 aliphatic rings. The molecule has 0 atom stereocenters. The Hall–Kier alpha value is -2.15. The fourth-order valence-electron chi connectivity index (χ4n) is 2.11. The first-order valence-electron chi connectivity index (χ1n) is 7.73. The highest BCUT2D eigenvalue weighted by atomic mass is 16.1. The van der Waals surface area contributed by atoms with Crippen LogP contribution in [0.5, 0.6) is 0 Å². The number of imidazole rings is 1. The predicted octanol–water partition coefficient (Wildman–Crippen LogP) is 0.971. The second-order valence-electron chi connectivity index (χ2n) is 6.14. The molecule has 1 heterocycles. The summed E-state index contributed by atoms with van der Waals surface area (Å²) in [5.41, 5.74) is 18.0. The second-order valence-corrected chi connectivity index (χ2v) is 6.14. The molecule has 0 aromatic carbocycles. The SMILES string of the molecule is CN=C(CCCCN)c1nc(C(C)(C)C(N)=O)cn1/C=C(\C)N. The number of unbranched alkanes of at least 4 members (excludes halogenated alkanes) is 1. The van der Waals surface area contributed by atoms with Crippen LogP contribution in [0.25, 0.3) is 6.20 Å². The molecule has 1 rings (SSSR count). The van der Waals surface area contributed by atoms with Crippen molar-refractivity contribution in [2.45, 2.75) is 45.4 Å². The Bertz CT molecular complexity index is 608. The number of aliphatic imine (C=N–C) groups is 1. The van der Waals surface area contributed by atoms with Crippen LogP contribution in [0.2, 0.25) is 0 Å². The predicted molar refractivity (Wildman–Crippen MR) is 93.9 cm³/mol. The molecular formula is C16H28N6O. The van der Waals surface area contributed by atoms with E-state index in [2.05, 4.69) is 9.98 Å². The van der Waals surface area contributed by atoms with E-state index in [0.717, 1.165) is 25.0 Å². The number of carbonyl (C=O) groups excluding carboxylic acids is 1. The Morgan fingerprint density at radius 3 is 2.52 bits per heavy atom. The standard InChI is InChI=1S/C16H28N6O/c1-11(18)9-22-10-13(16(2,3)15(19)23)21-14(22)12(20-4)7-5-6-8-17/h9-10H,5-8,17-18H2,1-4H3,(H2,19,23)/b11-9+,20-12?. The summed E-state index contributed by atoms with van der Waals surface area (Å²) in [5, 5.41) is 0. The number of rotatable bonds is 8. The van der Waals surface area contributed by atoms with Gasteiger partial charge in [-0.1, -0.05) is 0 Å². The maximum atomic E-state index is 11.7. The largest absolute Gasteiger partial charge is 0.401 e. The van der Waals surface area contributed by atoms with Gasteiger partial charge < -0.3 is 21.8 Å². The van der Waals surface area contributed by atoms with Crippen molar-refractivity contribution in [1.29, 1.82) is 0 Å². The number of primary amides is 1. The molecule has 0 saturated heterocycles. The van der Waals surface area contributed by atoms with Crippen LogP contribution in [0.4, 0.5) is 0 Å². The normalized spacial score (nSPS) is 13.4. The number of amides is 1. The van der Waals surface area contributed by atoms with Crippen LogP contribution in [0.1, 0.15) is 51.6 Å². The van der Waals surface area contributed by atoms with Gasteiger partial charge in [-0.05, 0) is 46.6 Å². The van der Waals surface area contributed by atoms with E-state index in [1.165, 1.54) is 0 Å². The Labute approximate surface area is 137 Å². The molecule has 0 radical (unpaired) electrons. The third-order valence-electron chi connectivity index (χ3n) is 3.73. The molecule has 7 heteroatoms. The molecule has 7 nitrogen and oxygen atoms in total. The first kappa shape index (κ1) is 18.9. The molecule has 0 aliphatic heterocycles. The summed E-state index contributed by atoms with van der Waals surface area (Å²) in [6, 6.07) is 0. The quantitative estimate of drug-likeness (QED) is 0.487. The van der Waals surface area contributed by atoms with Gasteiger partial charge in [0, 0.05) is 25.1 Å². The number of carbonyl (C=O) groups is 1. The van der Waals surface area contributed by atoms with Gasteiger partial charge in [0.05, 0.1) is 16.8 Å². The minimum atomic E-state index is -0.869. The second kappa shape index (κ2) is 7.92. The van der Waals surface area contributed by atoms with Gasteiger partial charge in [-0.3, -0.25) is 9.79 Å². The number of hydrogen-bond donors (Lipinski definition) is 3. The van der Waals surface area contributed by atoms with Crippen molar-refractivity contribution < 1.29 is 4.79 Å². The topological polar surface area (TPSA) is 125 Å². The third-order valence-corrected chi connectivity index (χ3v) is 3.73. The van der Waals surface area contributed by atoms with E-state index in [1.807, 2.05) is 0 Å². The highest BCUT2D eigenvalue weighted by Gasteiger charge is 2.31. The van der Waals surface area contributed by atoms with Gasteiger partial charge in [0.25, 0.3) is 0 Å². The van der Waals surface area contributed by atoms with Gasteiger partial charge in [-0.25, -0.2) is 4.98 Å². The Balaban J connectivity index is 3.31. The zero-order valence-corrected chi connectivity index (χ0v) is 14.5. The van der Waals surface area contributed by atoms with Crippen LogP contribution in [-0.2, 0) is 10.2 Å². The molecule has 6 N–H and O–H groups in total. The summed E-state index contributed by atoms with van der Waals surface area (Å²) in [6.07, 6.45) is 6.15. The first-order valence-corrected chi connectivity index (χ1v) is 7.73. The van der Waals surface area contributed by atoms with Crippen molar-refractivity contribution in [1.82, 2.24) is 9.55 Å². The fourth-order valence-corrected chi connectivity index (χ4v) is 2.11. The molecule has 0 unspecified atom stereocenters. The number of nitrogens with zero attached hydrogens (tertiary/aromatic N) is 3. The van der Waals surface area contributed by atoms with Crippen molar-refractivity contribution in [2.75, 3.05) is 13.6 Å². The average molecular weight is 320 g/mol. The number of hydrogen-bond acceptors (Lipinski definition) is 5. The first-order chi connectivity index (χ1) is 10.7. The molecule has 0 saturated carbocycles. The monoisotopic (exact) mass is 320 g/mol. The Morgan fingerprint density at radius 1 is 1.39 bits per heavy atom. The van der Waals surface area contributed by atoms with Crippen LogP contribution >= 0.6 is 0 Å². The van der Waals surface area contributed by atoms with Gasteiger partial charge in [-0.15, -0.1) is 0 Å². The fraction of sp³-hybridized carbons (Fsp3) is 0.562. The Kier molecular flexibility index (Phi) is 6.50. The Morgan fingerprint density at radius 2 is 2.04 bits per heavy atom. The third kappa shape index (κ3) is 4.66. The molecule has 1 amide bonds. The zero-order valence-electron chi connectivity index (χ0n) is 14.5. The molecule has 23 heavy (non-hydrogen) atoms. The van der Waals surface area contributed by atoms with Crippen LogP contribution in [0.15, 0.2) is 16.9 Å². The lowest BCUT2D eigenvalue weighted by atomic mass is 9.89. The lowest BCUT2D eigenvalue weighted by molar-refractivity contribution is -0.122. The minimum Gasteiger partial charge on any atom is -0.401 e. The van der Waals surface area contributed by atoms with Crippen LogP contribution in [0, 0.1) is 0 Å². The number of allylic oxidation sites excluding steroid dienone is 1. The molecule has 0 bridgehead atoms. The molecule has 0 fully saturated rings. The van der Waals surface area contributed by atoms with Crippen molar-refractivity contribution in [2.24, 2.45) is 22.2 Å². The average Bonchev–Trinajstić information content (AvgIpc) is 2.87. The van der Waals surface area contributed by atoms with Gasteiger partial charge in [0.15, 0.2) is 5.82 Å². The van der Waals surface area contributed by atoms with Gasteiger partial charge in [0.1, 0.15) is 0 Å². The molecule has 0 spiro atoms. The van der Waals surface area contributed by atoms with E-state index in [9.17, 15) is 4.79 Å². The van der Waals surface area contributed by atoms with Crippen LogP contribution in [0.3, 0.4) is 0 Å². The summed E-state index contributed by atoms with van der Waals surface area (Å²) in [6.45, 7) is 5.94. The van der Waals surface area contributed by atoms with E-state index >= 15 is 0 Å². The zero-order chi connectivity index (χ0) is 17.6. The maximum Gasteiger partial charge on any atom is 0.229 e. The van der Waals surface area contributed by atoms with E-state index in [1.54, 1.807) is 44.8 Å². The summed E-state index contributed by atoms with van der Waals surface area (Å²) >= 11 is 0. The van der Waals surface area contributed by atoms with Crippen LogP contribution < -0.4 is 17.2 Å². The van der Waals surface area contributed by atoms with Crippen molar-refractivity contribution in [3.05, 3.63) is 23.4 Å². The summed E-state index contributed by atoms with van der Waals surface area (Å²) < 4.78 is 1.81. The van der Waals surface area contributed by atoms with E-state index in [-0.39, 0.29) is 0 Å². The molecule has 0 aliphatic carbocycles. The highest BCUT2D eigenvalue weighted by Crippen LogP contribution is 2.23. The van der Waals surface area contributed by atoms with Gasteiger partial charge in [-0.2, -0.15) is 0 Å². The van der Waals surface area contributed by atoms with E-state index in [0.29, 0.717) is 23.8 Å². The number of nitrogens with two attached hydrogens (primary N) is 3. The molecule has 1 aromatic rings. The van der Waals surface area contributed by atoms with Crippen molar-refractivity contribution in [3.63, 3.8) is 0 Å². The molecule has 128 valence electrons. The van der Waals surface area contributed by atoms with E-state index < -0.39 is 11.3 Å². The minimum absolute atomic E-state index is 0.430. The maximum absolute atomic E-state index is 11.7. The van der Waals surface area contributed by atoms with Gasteiger partial charge in [0.2, 0.25) is 5.91 Å². The summed E-state index contributed by atoms with van der Waals surface area (Å²) in [5.74, 6) is 0.249. The van der Waals surface area contributed by atoms with Crippen molar-refractivity contribution >= 4 is 17.8 Å². The molecule has 1 aromatic heterocycles. The summed E-state index contributed by atoms with van der Waals surface area (Å²) in [7, 11) is 1.73. The van der Waals surface area contributed by atoms with Gasteiger partial charge >= 0.3 is 0 Å². The summed E-state index contributed by atoms with van der Waals surface area (Å²) in [4.78, 5) is 20.7. The van der Waals surface area contributed by atoms with Crippen LogP contribution in [-0.4, -0.2) is 34.8 Å². The lowest BCUT2D eigenvalue weighted by Crippen LogP contribution is -2.35. The highest BCUT2D eigenvalue weighted by molar-refractivity contribution is 5.98. The smallest absolute Gasteiger partial charge is 0.229 e. The van der Waals surface area contributed by atoms with E-state index in [4.69, 9.17) is 17.2 Å². The van der Waals surface area contributed by atoms with Crippen molar-refractivity contribution in [3.8, 4) is 0 Å². The lowest BCUT2D eigenvalue weighted by Gasteiger charge is -2.16.